The zero-order valence-electron chi connectivity index (χ0n) is 9.52. The van der Waals surface area contributed by atoms with E-state index in [4.69, 9.17) is 4.74 Å². The lowest BCUT2D eigenvalue weighted by Gasteiger charge is -2.24. The number of fused-ring (bicyclic) bond motifs is 1. The van der Waals surface area contributed by atoms with E-state index >= 15 is 0 Å². The SMILES string of the molecule is COc1cccc(N2CC[C@H]3CNC[C@H]32)n1. The lowest BCUT2D eigenvalue weighted by Crippen LogP contribution is -2.34. The number of aromatic nitrogens is 1. The van der Waals surface area contributed by atoms with Crippen LogP contribution in [0.4, 0.5) is 5.82 Å². The van der Waals surface area contributed by atoms with E-state index < -0.39 is 0 Å². The molecule has 1 aromatic rings. The molecule has 1 aromatic heterocycles. The van der Waals surface area contributed by atoms with Gasteiger partial charge < -0.3 is 15.0 Å². The Labute approximate surface area is 95.6 Å². The Balaban J connectivity index is 1.86. The van der Waals surface area contributed by atoms with Gasteiger partial charge in [0.05, 0.1) is 7.11 Å². The average Bonchev–Trinajstić information content (AvgIpc) is 2.90. The van der Waals surface area contributed by atoms with Crippen molar-refractivity contribution in [3.05, 3.63) is 18.2 Å². The molecule has 4 nitrogen and oxygen atoms in total. The van der Waals surface area contributed by atoms with Crippen LogP contribution in [0.1, 0.15) is 6.42 Å². The van der Waals surface area contributed by atoms with E-state index in [1.165, 1.54) is 6.42 Å². The largest absolute Gasteiger partial charge is 0.481 e. The molecule has 2 saturated heterocycles. The number of rotatable bonds is 2. The fraction of sp³-hybridized carbons (Fsp3) is 0.583. The molecule has 0 saturated carbocycles. The number of anilines is 1. The highest BCUT2D eigenvalue weighted by Crippen LogP contribution is 2.31. The van der Waals surface area contributed by atoms with Gasteiger partial charge in [0, 0.05) is 31.7 Å². The van der Waals surface area contributed by atoms with Crippen LogP contribution in [0.2, 0.25) is 0 Å². The summed E-state index contributed by atoms with van der Waals surface area (Å²) in [5.41, 5.74) is 0. The van der Waals surface area contributed by atoms with Gasteiger partial charge in [0.15, 0.2) is 0 Å². The molecule has 0 unspecified atom stereocenters. The van der Waals surface area contributed by atoms with Gasteiger partial charge in [0.2, 0.25) is 5.88 Å². The van der Waals surface area contributed by atoms with Crippen molar-refractivity contribution in [2.45, 2.75) is 12.5 Å². The van der Waals surface area contributed by atoms with Gasteiger partial charge in [0.1, 0.15) is 5.82 Å². The molecule has 0 aromatic carbocycles. The summed E-state index contributed by atoms with van der Waals surface area (Å²) in [5, 5.41) is 3.45. The summed E-state index contributed by atoms with van der Waals surface area (Å²) < 4.78 is 5.17. The minimum atomic E-state index is 0.625. The molecule has 0 aliphatic carbocycles. The third kappa shape index (κ3) is 1.53. The molecule has 3 heterocycles. The Hall–Kier alpha value is -1.29. The van der Waals surface area contributed by atoms with Crippen molar-refractivity contribution in [2.24, 2.45) is 5.92 Å². The number of hydrogen-bond donors (Lipinski definition) is 1. The Morgan fingerprint density at radius 1 is 1.44 bits per heavy atom. The molecule has 1 N–H and O–H groups in total. The second-order valence-corrected chi connectivity index (χ2v) is 4.51. The fourth-order valence-corrected chi connectivity index (χ4v) is 2.81. The number of hydrogen-bond acceptors (Lipinski definition) is 4. The number of ether oxygens (including phenoxy) is 1. The third-order valence-corrected chi connectivity index (χ3v) is 3.66. The third-order valence-electron chi connectivity index (χ3n) is 3.66. The van der Waals surface area contributed by atoms with Crippen LogP contribution in [0.5, 0.6) is 5.88 Å². The van der Waals surface area contributed by atoms with Crippen molar-refractivity contribution < 1.29 is 4.74 Å². The minimum absolute atomic E-state index is 0.625. The predicted molar refractivity (Wildman–Crippen MR) is 62.9 cm³/mol. The first-order valence-electron chi connectivity index (χ1n) is 5.87. The zero-order valence-corrected chi connectivity index (χ0v) is 9.52. The lowest BCUT2D eigenvalue weighted by molar-refractivity contribution is 0.397. The first-order valence-corrected chi connectivity index (χ1v) is 5.87. The van der Waals surface area contributed by atoms with Crippen LogP contribution in [-0.4, -0.2) is 37.8 Å². The van der Waals surface area contributed by atoms with Gasteiger partial charge in [-0.05, 0) is 18.4 Å². The Morgan fingerprint density at radius 2 is 2.38 bits per heavy atom. The number of nitrogens with zero attached hydrogens (tertiary/aromatic N) is 2. The second-order valence-electron chi connectivity index (χ2n) is 4.51. The van der Waals surface area contributed by atoms with Crippen LogP contribution in [0.3, 0.4) is 0 Å². The lowest BCUT2D eigenvalue weighted by atomic mass is 10.1. The monoisotopic (exact) mass is 219 g/mol. The van der Waals surface area contributed by atoms with Crippen molar-refractivity contribution in [3.63, 3.8) is 0 Å². The van der Waals surface area contributed by atoms with Crippen molar-refractivity contribution in [1.82, 2.24) is 10.3 Å². The molecule has 4 heteroatoms. The maximum Gasteiger partial charge on any atom is 0.214 e. The van der Waals surface area contributed by atoms with Crippen LogP contribution in [0, 0.1) is 5.92 Å². The van der Waals surface area contributed by atoms with Gasteiger partial charge in [-0.1, -0.05) is 6.07 Å². The first kappa shape index (κ1) is 9.90. The van der Waals surface area contributed by atoms with E-state index in [2.05, 4.69) is 21.3 Å². The minimum Gasteiger partial charge on any atom is -0.481 e. The second kappa shape index (κ2) is 3.94. The Kier molecular flexibility index (Phi) is 2.44. The summed E-state index contributed by atoms with van der Waals surface area (Å²) in [5.74, 6) is 2.55. The highest BCUT2D eigenvalue weighted by Gasteiger charge is 2.38. The van der Waals surface area contributed by atoms with Crippen LogP contribution >= 0.6 is 0 Å². The summed E-state index contributed by atoms with van der Waals surface area (Å²) in [6.07, 6.45) is 1.27. The number of methoxy groups -OCH3 is 1. The van der Waals surface area contributed by atoms with Gasteiger partial charge in [0.25, 0.3) is 0 Å². The topological polar surface area (TPSA) is 37.4 Å². The molecule has 2 fully saturated rings. The summed E-state index contributed by atoms with van der Waals surface area (Å²) in [6, 6.07) is 6.60. The molecular formula is C12H17N3O. The standard InChI is InChI=1S/C12H17N3O/c1-16-12-4-2-3-11(14-12)15-6-5-9-7-13-8-10(9)15/h2-4,9-10,13H,5-8H2,1H3/t9-,10+/m0/s1. The van der Waals surface area contributed by atoms with Crippen molar-refractivity contribution in [2.75, 3.05) is 31.6 Å². The normalized spacial score (nSPS) is 28.2. The maximum atomic E-state index is 5.17. The van der Waals surface area contributed by atoms with E-state index in [1.54, 1.807) is 7.11 Å². The predicted octanol–water partition coefficient (Wildman–Crippen LogP) is 0.888. The summed E-state index contributed by atoms with van der Waals surface area (Å²) in [4.78, 5) is 6.92. The van der Waals surface area contributed by atoms with Crippen molar-refractivity contribution in [1.29, 1.82) is 0 Å². The van der Waals surface area contributed by atoms with Gasteiger partial charge >= 0.3 is 0 Å². The van der Waals surface area contributed by atoms with E-state index in [0.717, 1.165) is 31.4 Å². The highest BCUT2D eigenvalue weighted by atomic mass is 16.5. The fourth-order valence-electron chi connectivity index (χ4n) is 2.81. The molecule has 2 atom stereocenters. The molecule has 86 valence electrons. The van der Waals surface area contributed by atoms with Gasteiger partial charge in [-0.2, -0.15) is 4.98 Å². The van der Waals surface area contributed by atoms with E-state index in [-0.39, 0.29) is 0 Å². The molecule has 0 bridgehead atoms. The highest BCUT2D eigenvalue weighted by molar-refractivity contribution is 5.44. The van der Waals surface area contributed by atoms with E-state index in [9.17, 15) is 0 Å². The maximum absolute atomic E-state index is 5.17. The summed E-state index contributed by atoms with van der Waals surface area (Å²) in [7, 11) is 1.66. The molecular weight excluding hydrogens is 202 g/mol. The zero-order chi connectivity index (χ0) is 11.0. The van der Waals surface area contributed by atoms with Gasteiger partial charge in [-0.25, -0.2) is 0 Å². The van der Waals surface area contributed by atoms with Crippen LogP contribution < -0.4 is 15.0 Å². The smallest absolute Gasteiger partial charge is 0.214 e. The number of pyridine rings is 1. The molecule has 0 spiro atoms. The average molecular weight is 219 g/mol. The molecule has 2 aliphatic rings. The van der Waals surface area contributed by atoms with Gasteiger partial charge in [-0.3, -0.25) is 0 Å². The first-order chi connectivity index (χ1) is 7.88. The molecule has 2 aliphatic heterocycles. The van der Waals surface area contributed by atoms with E-state index in [0.29, 0.717) is 11.9 Å². The van der Waals surface area contributed by atoms with Crippen LogP contribution in [-0.2, 0) is 0 Å². The molecule has 3 rings (SSSR count). The van der Waals surface area contributed by atoms with E-state index in [1.807, 2.05) is 12.1 Å². The summed E-state index contributed by atoms with van der Waals surface area (Å²) >= 11 is 0. The quantitative estimate of drug-likeness (QED) is 0.801. The summed E-state index contributed by atoms with van der Waals surface area (Å²) in [6.45, 7) is 3.37. The molecule has 0 amide bonds. The van der Waals surface area contributed by atoms with Gasteiger partial charge in [-0.15, -0.1) is 0 Å². The molecule has 16 heavy (non-hydrogen) atoms. The van der Waals surface area contributed by atoms with Crippen LogP contribution in [0.15, 0.2) is 18.2 Å². The van der Waals surface area contributed by atoms with Crippen molar-refractivity contribution >= 4 is 5.82 Å². The Bertz CT molecular complexity index is 382. The van der Waals surface area contributed by atoms with Crippen LogP contribution in [0.25, 0.3) is 0 Å². The Morgan fingerprint density at radius 3 is 3.25 bits per heavy atom. The number of nitrogens with one attached hydrogen (secondary N) is 1. The molecule has 0 radical (unpaired) electrons. The van der Waals surface area contributed by atoms with Crippen molar-refractivity contribution in [3.8, 4) is 5.88 Å².